The summed E-state index contributed by atoms with van der Waals surface area (Å²) in [5.41, 5.74) is 0. The van der Waals surface area contributed by atoms with E-state index in [1.165, 1.54) is 56.6 Å². The molecule has 0 bridgehead atoms. The van der Waals surface area contributed by atoms with Gasteiger partial charge in [-0.15, -0.1) is 0 Å². The summed E-state index contributed by atoms with van der Waals surface area (Å²) < 4.78 is 0. The van der Waals surface area contributed by atoms with E-state index >= 15 is 0 Å². The molecule has 0 aromatic heterocycles. The van der Waals surface area contributed by atoms with E-state index in [4.69, 9.17) is 0 Å². The molecule has 2 rings (SSSR count). The first-order valence-electron chi connectivity index (χ1n) is 6.67. The molecule has 0 radical (unpaired) electrons. The highest BCUT2D eigenvalue weighted by molar-refractivity contribution is 7.99. The lowest BCUT2D eigenvalue weighted by atomic mass is 9.80. The van der Waals surface area contributed by atoms with Crippen LogP contribution >= 0.6 is 11.8 Å². The normalized spacial score (nSPS) is 34.2. The molecule has 0 aromatic rings. The van der Waals surface area contributed by atoms with Gasteiger partial charge >= 0.3 is 0 Å². The molecule has 1 heterocycles. The predicted molar refractivity (Wildman–Crippen MR) is 69.5 cm³/mol. The Hall–Kier alpha value is 0.310. The minimum atomic E-state index is 0.834. The van der Waals surface area contributed by atoms with Crippen LogP contribution in [0.25, 0.3) is 0 Å². The molecule has 0 amide bonds. The molecule has 1 aliphatic heterocycles. The van der Waals surface area contributed by atoms with Gasteiger partial charge in [-0.2, -0.15) is 11.8 Å². The van der Waals surface area contributed by atoms with Gasteiger partial charge in [-0.05, 0) is 49.1 Å². The summed E-state index contributed by atoms with van der Waals surface area (Å²) in [5.74, 6) is 4.67. The first kappa shape index (κ1) is 11.8. The summed E-state index contributed by atoms with van der Waals surface area (Å²) in [6.07, 6.45) is 8.66. The molecule has 2 atom stereocenters. The second kappa shape index (κ2) is 6.15. The highest BCUT2D eigenvalue weighted by Gasteiger charge is 2.22. The van der Waals surface area contributed by atoms with E-state index in [-0.39, 0.29) is 0 Å². The Kier molecular flexibility index (Phi) is 4.83. The van der Waals surface area contributed by atoms with E-state index in [0.29, 0.717) is 0 Å². The van der Waals surface area contributed by atoms with Crippen LogP contribution in [0.5, 0.6) is 0 Å². The highest BCUT2D eigenvalue weighted by atomic mass is 32.2. The molecule has 2 aliphatic rings. The van der Waals surface area contributed by atoms with Crippen molar-refractivity contribution in [3.05, 3.63) is 0 Å². The van der Waals surface area contributed by atoms with Gasteiger partial charge in [0, 0.05) is 6.04 Å². The molecule has 0 spiro atoms. The van der Waals surface area contributed by atoms with Crippen molar-refractivity contribution in [2.45, 2.75) is 51.5 Å². The lowest BCUT2D eigenvalue weighted by molar-refractivity contribution is 0.238. The van der Waals surface area contributed by atoms with E-state index in [9.17, 15) is 0 Å². The summed E-state index contributed by atoms with van der Waals surface area (Å²) in [6.45, 7) is 3.73. The molecule has 1 saturated carbocycles. The van der Waals surface area contributed by atoms with E-state index in [1.807, 2.05) is 0 Å². The van der Waals surface area contributed by atoms with Crippen LogP contribution < -0.4 is 5.32 Å². The minimum absolute atomic E-state index is 0.834. The average molecular weight is 227 g/mol. The number of hydrogen-bond acceptors (Lipinski definition) is 2. The molecule has 2 heteroatoms. The van der Waals surface area contributed by atoms with Crippen molar-refractivity contribution in [3.8, 4) is 0 Å². The van der Waals surface area contributed by atoms with Crippen LogP contribution in [-0.2, 0) is 0 Å². The summed E-state index contributed by atoms with van der Waals surface area (Å²) in [6, 6.07) is 0.834. The van der Waals surface area contributed by atoms with Crippen LogP contribution in [0.3, 0.4) is 0 Å². The maximum absolute atomic E-state index is 3.81. The SMILES string of the molecule is CC1CCCCC1CNC1CCSCC1. The fraction of sp³-hybridized carbons (Fsp3) is 1.00. The molecule has 0 aromatic carbocycles. The molecular formula is C13H25NS. The van der Waals surface area contributed by atoms with E-state index in [0.717, 1.165) is 17.9 Å². The van der Waals surface area contributed by atoms with Gasteiger partial charge in [0.15, 0.2) is 0 Å². The Morgan fingerprint density at radius 3 is 2.53 bits per heavy atom. The first-order chi connectivity index (χ1) is 7.36. The van der Waals surface area contributed by atoms with Crippen LogP contribution in [0.4, 0.5) is 0 Å². The van der Waals surface area contributed by atoms with Crippen molar-refractivity contribution in [1.82, 2.24) is 5.32 Å². The molecule has 1 saturated heterocycles. The zero-order valence-corrected chi connectivity index (χ0v) is 10.8. The van der Waals surface area contributed by atoms with Gasteiger partial charge < -0.3 is 5.32 Å². The van der Waals surface area contributed by atoms with Crippen molar-refractivity contribution in [2.24, 2.45) is 11.8 Å². The third-order valence-corrected chi connectivity index (χ3v) is 5.23. The number of thioether (sulfide) groups is 1. The smallest absolute Gasteiger partial charge is 0.00828 e. The lowest BCUT2D eigenvalue weighted by Gasteiger charge is -2.31. The van der Waals surface area contributed by atoms with Gasteiger partial charge in [0.25, 0.3) is 0 Å². The predicted octanol–water partition coefficient (Wildman–Crippen LogP) is 3.30. The lowest BCUT2D eigenvalue weighted by Crippen LogP contribution is -2.38. The monoisotopic (exact) mass is 227 g/mol. The molecule has 15 heavy (non-hydrogen) atoms. The Morgan fingerprint density at radius 1 is 1.07 bits per heavy atom. The molecule has 88 valence electrons. The van der Waals surface area contributed by atoms with Crippen LogP contribution in [0.1, 0.15) is 45.4 Å². The van der Waals surface area contributed by atoms with Gasteiger partial charge in [0.05, 0.1) is 0 Å². The largest absolute Gasteiger partial charge is 0.314 e. The van der Waals surface area contributed by atoms with Crippen LogP contribution in [0.15, 0.2) is 0 Å². The van der Waals surface area contributed by atoms with Gasteiger partial charge in [-0.1, -0.05) is 26.2 Å². The van der Waals surface area contributed by atoms with Crippen molar-refractivity contribution in [2.75, 3.05) is 18.1 Å². The summed E-state index contributed by atoms with van der Waals surface area (Å²) in [4.78, 5) is 0. The second-order valence-electron chi connectivity index (χ2n) is 5.32. The fourth-order valence-electron chi connectivity index (χ4n) is 2.92. The maximum atomic E-state index is 3.81. The Balaban J connectivity index is 1.67. The van der Waals surface area contributed by atoms with Gasteiger partial charge in [-0.3, -0.25) is 0 Å². The third kappa shape index (κ3) is 3.67. The van der Waals surface area contributed by atoms with Crippen molar-refractivity contribution in [1.29, 1.82) is 0 Å². The highest BCUT2D eigenvalue weighted by Crippen LogP contribution is 2.29. The molecule has 1 N–H and O–H groups in total. The molecule has 2 unspecified atom stereocenters. The van der Waals surface area contributed by atoms with E-state index in [2.05, 4.69) is 24.0 Å². The Labute approximate surface area is 98.8 Å². The number of nitrogens with one attached hydrogen (secondary N) is 1. The van der Waals surface area contributed by atoms with Crippen LogP contribution in [0, 0.1) is 11.8 Å². The molecular weight excluding hydrogens is 202 g/mol. The number of rotatable bonds is 3. The Morgan fingerprint density at radius 2 is 1.80 bits per heavy atom. The van der Waals surface area contributed by atoms with Gasteiger partial charge in [0.1, 0.15) is 0 Å². The summed E-state index contributed by atoms with van der Waals surface area (Å²) in [7, 11) is 0. The Bertz CT molecular complexity index is 177. The maximum Gasteiger partial charge on any atom is 0.00828 e. The summed E-state index contributed by atoms with van der Waals surface area (Å²) >= 11 is 2.12. The second-order valence-corrected chi connectivity index (χ2v) is 6.54. The zero-order chi connectivity index (χ0) is 10.5. The van der Waals surface area contributed by atoms with Crippen molar-refractivity contribution >= 4 is 11.8 Å². The van der Waals surface area contributed by atoms with Crippen LogP contribution in [0.2, 0.25) is 0 Å². The quantitative estimate of drug-likeness (QED) is 0.794. The molecule has 1 aliphatic carbocycles. The number of hydrogen-bond donors (Lipinski definition) is 1. The summed E-state index contributed by atoms with van der Waals surface area (Å²) in [5, 5.41) is 3.81. The van der Waals surface area contributed by atoms with E-state index < -0.39 is 0 Å². The van der Waals surface area contributed by atoms with Crippen LogP contribution in [-0.4, -0.2) is 24.1 Å². The fourth-order valence-corrected chi connectivity index (χ4v) is 4.02. The van der Waals surface area contributed by atoms with E-state index in [1.54, 1.807) is 0 Å². The standard InChI is InChI=1S/C13H25NS/c1-11-4-2-3-5-12(11)10-14-13-6-8-15-9-7-13/h11-14H,2-10H2,1H3. The van der Waals surface area contributed by atoms with Crippen molar-refractivity contribution in [3.63, 3.8) is 0 Å². The zero-order valence-electron chi connectivity index (χ0n) is 10.0. The van der Waals surface area contributed by atoms with Gasteiger partial charge in [-0.25, -0.2) is 0 Å². The average Bonchev–Trinajstić information content (AvgIpc) is 2.29. The first-order valence-corrected chi connectivity index (χ1v) is 7.83. The molecule has 2 fully saturated rings. The van der Waals surface area contributed by atoms with Gasteiger partial charge in [0.2, 0.25) is 0 Å². The third-order valence-electron chi connectivity index (χ3n) is 4.18. The van der Waals surface area contributed by atoms with Crippen molar-refractivity contribution < 1.29 is 0 Å². The minimum Gasteiger partial charge on any atom is -0.314 e. The molecule has 1 nitrogen and oxygen atoms in total. The topological polar surface area (TPSA) is 12.0 Å².